The van der Waals surface area contributed by atoms with Crippen molar-refractivity contribution in [1.82, 2.24) is 4.98 Å². The molecule has 1 saturated carbocycles. The molecule has 28 heavy (non-hydrogen) atoms. The van der Waals surface area contributed by atoms with Gasteiger partial charge in [0.15, 0.2) is 0 Å². The van der Waals surface area contributed by atoms with Gasteiger partial charge in [-0.05, 0) is 70.4 Å². The SMILES string of the molecule is NC(=O)O[C@H](COc1ncc(Cc2ccc(F)cc2)cc1Br)C1CCCCC1. The number of carbonyl (C=O) groups excluding carboxylic acids is 1. The molecule has 0 spiro atoms. The lowest BCUT2D eigenvalue weighted by Crippen LogP contribution is -2.35. The van der Waals surface area contributed by atoms with Crippen LogP contribution in [0.25, 0.3) is 0 Å². The standard InChI is InChI=1S/C21H24BrFN2O3/c22-18-11-15(10-14-6-8-17(23)9-7-14)12-25-20(18)27-13-19(28-21(24)26)16-4-2-1-3-5-16/h6-9,11-12,16,19H,1-5,10,13H2,(H2,24,26)/t19-/m1/s1. The number of ether oxygens (including phenoxy) is 2. The first-order valence-electron chi connectivity index (χ1n) is 9.49. The van der Waals surface area contributed by atoms with E-state index < -0.39 is 6.09 Å². The van der Waals surface area contributed by atoms with Gasteiger partial charge in [-0.15, -0.1) is 0 Å². The highest BCUT2D eigenvalue weighted by Crippen LogP contribution is 2.30. The van der Waals surface area contributed by atoms with Crippen LogP contribution in [0.4, 0.5) is 9.18 Å². The van der Waals surface area contributed by atoms with Gasteiger partial charge in [0, 0.05) is 6.20 Å². The summed E-state index contributed by atoms with van der Waals surface area (Å²) in [6.07, 6.45) is 6.70. The number of aromatic nitrogens is 1. The van der Waals surface area contributed by atoms with Crippen LogP contribution >= 0.6 is 15.9 Å². The maximum Gasteiger partial charge on any atom is 0.404 e. The summed E-state index contributed by atoms with van der Waals surface area (Å²) in [6, 6.07) is 8.32. The number of nitrogens with zero attached hydrogens (tertiary/aromatic N) is 1. The van der Waals surface area contributed by atoms with Crippen LogP contribution in [0.15, 0.2) is 41.0 Å². The van der Waals surface area contributed by atoms with Crippen molar-refractivity contribution < 1.29 is 18.7 Å². The molecule has 1 heterocycles. The lowest BCUT2D eigenvalue weighted by atomic mass is 9.85. The molecule has 0 radical (unpaired) electrons. The van der Waals surface area contributed by atoms with Crippen molar-refractivity contribution in [1.29, 1.82) is 0 Å². The van der Waals surface area contributed by atoms with Crippen LogP contribution in [0.5, 0.6) is 5.88 Å². The summed E-state index contributed by atoms with van der Waals surface area (Å²) in [5.74, 6) is 0.451. The zero-order valence-corrected chi connectivity index (χ0v) is 17.2. The van der Waals surface area contributed by atoms with Crippen LogP contribution in [0.1, 0.15) is 43.2 Å². The number of nitrogens with two attached hydrogens (primary N) is 1. The number of primary amides is 1. The molecule has 1 aliphatic carbocycles. The van der Waals surface area contributed by atoms with Crippen LogP contribution in [0.2, 0.25) is 0 Å². The Hall–Kier alpha value is -2.15. The molecule has 1 aromatic carbocycles. The van der Waals surface area contributed by atoms with E-state index in [1.807, 2.05) is 6.07 Å². The molecule has 150 valence electrons. The molecular weight excluding hydrogens is 427 g/mol. The Balaban J connectivity index is 1.62. The molecule has 3 rings (SSSR count). The molecule has 2 N–H and O–H groups in total. The van der Waals surface area contributed by atoms with Crippen molar-refractivity contribution in [2.75, 3.05) is 6.61 Å². The predicted molar refractivity (Wildman–Crippen MR) is 108 cm³/mol. The molecule has 1 aliphatic rings. The van der Waals surface area contributed by atoms with E-state index in [1.54, 1.807) is 18.3 Å². The maximum atomic E-state index is 13.0. The second-order valence-electron chi connectivity index (χ2n) is 7.12. The second-order valence-corrected chi connectivity index (χ2v) is 7.97. The fraction of sp³-hybridized carbons (Fsp3) is 0.429. The first-order chi connectivity index (χ1) is 13.5. The molecule has 0 unspecified atom stereocenters. The fourth-order valence-corrected chi connectivity index (χ4v) is 4.10. The van der Waals surface area contributed by atoms with E-state index in [-0.39, 0.29) is 24.4 Å². The van der Waals surface area contributed by atoms with Crippen molar-refractivity contribution in [3.8, 4) is 5.88 Å². The molecule has 0 aliphatic heterocycles. The van der Waals surface area contributed by atoms with Gasteiger partial charge in [-0.25, -0.2) is 14.2 Å². The Morgan fingerprint density at radius 3 is 2.57 bits per heavy atom. The first-order valence-corrected chi connectivity index (χ1v) is 10.3. The summed E-state index contributed by atoms with van der Waals surface area (Å²) in [5.41, 5.74) is 7.21. The number of carbonyl (C=O) groups is 1. The van der Waals surface area contributed by atoms with E-state index in [0.29, 0.717) is 16.8 Å². The van der Waals surface area contributed by atoms with Crippen LogP contribution < -0.4 is 10.5 Å². The number of hydrogen-bond acceptors (Lipinski definition) is 4. The van der Waals surface area contributed by atoms with E-state index in [9.17, 15) is 9.18 Å². The summed E-state index contributed by atoms with van der Waals surface area (Å²) in [4.78, 5) is 15.6. The van der Waals surface area contributed by atoms with Crippen molar-refractivity contribution in [3.05, 3.63) is 57.9 Å². The van der Waals surface area contributed by atoms with Crippen molar-refractivity contribution in [2.24, 2.45) is 11.7 Å². The van der Waals surface area contributed by atoms with Crippen LogP contribution in [0, 0.1) is 11.7 Å². The van der Waals surface area contributed by atoms with Crippen LogP contribution in [-0.2, 0) is 11.2 Å². The summed E-state index contributed by atoms with van der Waals surface area (Å²) in [5, 5.41) is 0. The highest BCUT2D eigenvalue weighted by Gasteiger charge is 2.27. The van der Waals surface area contributed by atoms with Gasteiger partial charge >= 0.3 is 6.09 Å². The van der Waals surface area contributed by atoms with E-state index in [4.69, 9.17) is 15.2 Å². The molecule has 2 aromatic rings. The van der Waals surface area contributed by atoms with Gasteiger partial charge in [0.05, 0.1) is 4.47 Å². The molecule has 1 fully saturated rings. The molecule has 0 saturated heterocycles. The normalized spacial score (nSPS) is 15.8. The van der Waals surface area contributed by atoms with Gasteiger partial charge in [0.2, 0.25) is 5.88 Å². The van der Waals surface area contributed by atoms with Crippen LogP contribution in [-0.4, -0.2) is 23.8 Å². The monoisotopic (exact) mass is 450 g/mol. The topological polar surface area (TPSA) is 74.4 Å². The van der Waals surface area contributed by atoms with Crippen LogP contribution in [0.3, 0.4) is 0 Å². The zero-order chi connectivity index (χ0) is 19.9. The van der Waals surface area contributed by atoms with Crippen molar-refractivity contribution >= 4 is 22.0 Å². The van der Waals surface area contributed by atoms with Gasteiger partial charge in [-0.2, -0.15) is 0 Å². The fourth-order valence-electron chi connectivity index (χ4n) is 3.59. The Bertz CT molecular complexity index is 795. The van der Waals surface area contributed by atoms with Gasteiger partial charge in [0.25, 0.3) is 0 Å². The minimum Gasteiger partial charge on any atom is -0.473 e. The zero-order valence-electron chi connectivity index (χ0n) is 15.6. The second kappa shape index (κ2) is 9.87. The molecule has 5 nitrogen and oxygen atoms in total. The number of halogens is 2. The minimum atomic E-state index is -0.777. The maximum absolute atomic E-state index is 13.0. The van der Waals surface area contributed by atoms with E-state index in [0.717, 1.165) is 36.8 Å². The van der Waals surface area contributed by atoms with E-state index in [2.05, 4.69) is 20.9 Å². The van der Waals surface area contributed by atoms with Gasteiger partial charge < -0.3 is 15.2 Å². The Morgan fingerprint density at radius 2 is 1.93 bits per heavy atom. The van der Waals surface area contributed by atoms with Gasteiger partial charge in [0.1, 0.15) is 18.5 Å². The van der Waals surface area contributed by atoms with E-state index in [1.165, 1.54) is 18.6 Å². The van der Waals surface area contributed by atoms with Crippen molar-refractivity contribution in [2.45, 2.75) is 44.6 Å². The molecular formula is C21H24BrFN2O3. The van der Waals surface area contributed by atoms with Gasteiger partial charge in [-0.3, -0.25) is 0 Å². The molecule has 0 bridgehead atoms. The number of hydrogen-bond donors (Lipinski definition) is 1. The van der Waals surface area contributed by atoms with Crippen molar-refractivity contribution in [3.63, 3.8) is 0 Å². The highest BCUT2D eigenvalue weighted by molar-refractivity contribution is 9.10. The Morgan fingerprint density at radius 1 is 1.21 bits per heavy atom. The third-order valence-electron chi connectivity index (χ3n) is 5.01. The molecule has 7 heteroatoms. The average molecular weight is 451 g/mol. The average Bonchev–Trinajstić information content (AvgIpc) is 2.68. The predicted octanol–water partition coefficient (Wildman–Crippen LogP) is 5.00. The molecule has 1 amide bonds. The lowest BCUT2D eigenvalue weighted by Gasteiger charge is -2.29. The molecule has 1 aromatic heterocycles. The molecule has 1 atom stereocenters. The highest BCUT2D eigenvalue weighted by atomic mass is 79.9. The minimum absolute atomic E-state index is 0.219. The number of rotatable bonds is 7. The number of benzene rings is 1. The summed E-state index contributed by atoms with van der Waals surface area (Å²) in [6.45, 7) is 0.219. The summed E-state index contributed by atoms with van der Waals surface area (Å²) >= 11 is 3.49. The summed E-state index contributed by atoms with van der Waals surface area (Å²) < 4.78 is 24.9. The number of amides is 1. The van der Waals surface area contributed by atoms with E-state index >= 15 is 0 Å². The number of pyridine rings is 1. The Kier molecular flexibility index (Phi) is 7.25. The Labute approximate surface area is 172 Å². The smallest absolute Gasteiger partial charge is 0.404 e. The third-order valence-corrected chi connectivity index (χ3v) is 5.58. The summed E-state index contributed by atoms with van der Waals surface area (Å²) in [7, 11) is 0. The van der Waals surface area contributed by atoms with Gasteiger partial charge in [-0.1, -0.05) is 31.4 Å². The largest absolute Gasteiger partial charge is 0.473 e. The first kappa shape index (κ1) is 20.6. The lowest BCUT2D eigenvalue weighted by molar-refractivity contribution is 0.0212. The quantitative estimate of drug-likeness (QED) is 0.643. The third kappa shape index (κ3) is 5.92.